The van der Waals surface area contributed by atoms with Crippen molar-refractivity contribution in [2.75, 3.05) is 52.1 Å². The van der Waals surface area contributed by atoms with Gasteiger partial charge in [0.1, 0.15) is 0 Å². The van der Waals surface area contributed by atoms with E-state index in [4.69, 9.17) is 5.11 Å². The van der Waals surface area contributed by atoms with Crippen LogP contribution in [0.2, 0.25) is 0 Å². The molecular formula is C15H22N2O2S. The molecule has 1 N–H and O–H groups in total. The van der Waals surface area contributed by atoms with Gasteiger partial charge < -0.3 is 5.11 Å². The lowest BCUT2D eigenvalue weighted by molar-refractivity contribution is 0.0822. The summed E-state index contributed by atoms with van der Waals surface area (Å²) in [6.07, 6.45) is 2.03. The van der Waals surface area contributed by atoms with Gasteiger partial charge in [0.25, 0.3) is 0 Å². The van der Waals surface area contributed by atoms with Crippen LogP contribution in [0.1, 0.15) is 10.4 Å². The minimum Gasteiger partial charge on any atom is -0.395 e. The van der Waals surface area contributed by atoms with Crippen LogP contribution in [0.4, 0.5) is 0 Å². The Morgan fingerprint density at radius 1 is 1.15 bits per heavy atom. The molecule has 0 amide bonds. The molecule has 0 aliphatic carbocycles. The van der Waals surface area contributed by atoms with Crippen LogP contribution in [0, 0.1) is 0 Å². The first-order valence-corrected chi connectivity index (χ1v) is 8.18. The predicted molar refractivity (Wildman–Crippen MR) is 82.5 cm³/mol. The molecule has 0 atom stereocenters. The highest BCUT2D eigenvalue weighted by Gasteiger charge is 2.18. The first-order valence-electron chi connectivity index (χ1n) is 6.96. The van der Waals surface area contributed by atoms with Crippen molar-refractivity contribution < 1.29 is 9.90 Å². The Balaban J connectivity index is 1.82. The van der Waals surface area contributed by atoms with E-state index in [1.165, 1.54) is 4.90 Å². The molecule has 0 saturated carbocycles. The molecule has 1 fully saturated rings. The highest BCUT2D eigenvalue weighted by Crippen LogP contribution is 2.15. The number of Topliss-reactive ketones (excluding diaryl/α,β-unsaturated/α-hetero) is 1. The number of aliphatic hydroxyl groups is 1. The monoisotopic (exact) mass is 294 g/mol. The highest BCUT2D eigenvalue weighted by molar-refractivity contribution is 7.98. The van der Waals surface area contributed by atoms with Crippen molar-refractivity contribution in [2.45, 2.75) is 4.90 Å². The molecular weight excluding hydrogens is 272 g/mol. The third kappa shape index (κ3) is 4.31. The quantitative estimate of drug-likeness (QED) is 0.631. The number of carbonyl (C=O) groups excluding carboxylic acids is 1. The van der Waals surface area contributed by atoms with Gasteiger partial charge in [0.2, 0.25) is 0 Å². The van der Waals surface area contributed by atoms with Crippen LogP contribution >= 0.6 is 11.8 Å². The molecule has 110 valence electrons. The van der Waals surface area contributed by atoms with Gasteiger partial charge in [0.05, 0.1) is 13.2 Å². The van der Waals surface area contributed by atoms with Gasteiger partial charge in [0, 0.05) is 43.2 Å². The number of rotatable bonds is 6. The normalized spacial score (nSPS) is 17.3. The summed E-state index contributed by atoms with van der Waals surface area (Å²) in [5.41, 5.74) is 0.792. The smallest absolute Gasteiger partial charge is 0.176 e. The Labute approximate surface area is 124 Å². The molecule has 1 aliphatic heterocycles. The van der Waals surface area contributed by atoms with E-state index in [9.17, 15) is 4.79 Å². The summed E-state index contributed by atoms with van der Waals surface area (Å²) in [6, 6.07) is 7.82. The fourth-order valence-corrected chi connectivity index (χ4v) is 2.79. The number of nitrogens with zero attached hydrogens (tertiary/aromatic N) is 2. The Bertz CT molecular complexity index is 428. The lowest BCUT2D eigenvalue weighted by Crippen LogP contribution is -2.48. The first kappa shape index (κ1) is 15.5. The van der Waals surface area contributed by atoms with Crippen molar-refractivity contribution in [3.05, 3.63) is 29.8 Å². The molecule has 4 nitrogen and oxygen atoms in total. The first-order chi connectivity index (χ1) is 9.72. The third-order valence-electron chi connectivity index (χ3n) is 3.66. The van der Waals surface area contributed by atoms with Gasteiger partial charge in [-0.1, -0.05) is 12.1 Å². The van der Waals surface area contributed by atoms with Gasteiger partial charge in [-0.2, -0.15) is 0 Å². The Hall–Kier alpha value is -0.880. The zero-order valence-corrected chi connectivity index (χ0v) is 12.7. The summed E-state index contributed by atoms with van der Waals surface area (Å²) >= 11 is 1.68. The summed E-state index contributed by atoms with van der Waals surface area (Å²) in [4.78, 5) is 17.8. The molecule has 0 spiro atoms. The second kappa shape index (κ2) is 7.78. The summed E-state index contributed by atoms with van der Waals surface area (Å²) in [5, 5.41) is 8.91. The SMILES string of the molecule is CSc1ccc(C(=O)CN2CCN(CCO)CC2)cc1. The molecule has 1 aromatic rings. The van der Waals surface area contributed by atoms with Crippen LogP contribution < -0.4 is 0 Å². The lowest BCUT2D eigenvalue weighted by Gasteiger charge is -2.33. The van der Waals surface area contributed by atoms with Crippen LogP contribution in [0.5, 0.6) is 0 Å². The number of hydrogen-bond donors (Lipinski definition) is 1. The fourth-order valence-electron chi connectivity index (χ4n) is 2.38. The van der Waals surface area contributed by atoms with Crippen molar-refractivity contribution >= 4 is 17.5 Å². The zero-order chi connectivity index (χ0) is 14.4. The van der Waals surface area contributed by atoms with Gasteiger partial charge in [-0.05, 0) is 18.4 Å². The third-order valence-corrected chi connectivity index (χ3v) is 4.40. The molecule has 5 heteroatoms. The number of carbonyl (C=O) groups is 1. The number of benzene rings is 1. The molecule has 0 aromatic heterocycles. The minimum absolute atomic E-state index is 0.188. The van der Waals surface area contributed by atoms with E-state index in [0.29, 0.717) is 6.54 Å². The van der Waals surface area contributed by atoms with E-state index >= 15 is 0 Å². The molecule has 20 heavy (non-hydrogen) atoms. The number of piperazine rings is 1. The average molecular weight is 294 g/mol. The van der Waals surface area contributed by atoms with Gasteiger partial charge in [0.15, 0.2) is 5.78 Å². The number of hydrogen-bond acceptors (Lipinski definition) is 5. The van der Waals surface area contributed by atoms with Crippen LogP contribution in [0.3, 0.4) is 0 Å². The summed E-state index contributed by atoms with van der Waals surface area (Å²) < 4.78 is 0. The summed E-state index contributed by atoms with van der Waals surface area (Å²) in [7, 11) is 0. The second-order valence-corrected chi connectivity index (χ2v) is 5.87. The summed E-state index contributed by atoms with van der Waals surface area (Å²) in [6.45, 7) is 5.09. The molecule has 0 bridgehead atoms. The van der Waals surface area contributed by atoms with Crippen LogP contribution in [-0.2, 0) is 0 Å². The van der Waals surface area contributed by atoms with E-state index in [2.05, 4.69) is 9.80 Å². The summed E-state index contributed by atoms with van der Waals surface area (Å²) in [5.74, 6) is 0.188. The van der Waals surface area contributed by atoms with Crippen LogP contribution in [-0.4, -0.2) is 72.8 Å². The van der Waals surface area contributed by atoms with E-state index in [1.807, 2.05) is 30.5 Å². The number of thioether (sulfide) groups is 1. The molecule has 1 aliphatic rings. The van der Waals surface area contributed by atoms with E-state index < -0.39 is 0 Å². The standard InChI is InChI=1S/C15H22N2O2S/c1-20-14-4-2-13(3-5-14)15(19)12-17-8-6-16(7-9-17)10-11-18/h2-5,18H,6-12H2,1H3. The van der Waals surface area contributed by atoms with Gasteiger partial charge in [-0.3, -0.25) is 14.6 Å². The Morgan fingerprint density at radius 2 is 1.75 bits per heavy atom. The number of β-amino-alcohol motifs (C(OH)–C–C–N with tert-alkyl or cyclic N) is 1. The largest absolute Gasteiger partial charge is 0.395 e. The van der Waals surface area contributed by atoms with E-state index in [0.717, 1.165) is 38.3 Å². The van der Waals surface area contributed by atoms with Crippen molar-refractivity contribution in [3.8, 4) is 0 Å². The maximum Gasteiger partial charge on any atom is 0.176 e. The molecule has 1 aromatic carbocycles. The van der Waals surface area contributed by atoms with Gasteiger partial charge in [-0.15, -0.1) is 11.8 Å². The fraction of sp³-hybridized carbons (Fsp3) is 0.533. The number of aliphatic hydroxyl groups excluding tert-OH is 1. The van der Waals surface area contributed by atoms with Gasteiger partial charge >= 0.3 is 0 Å². The maximum atomic E-state index is 12.2. The highest BCUT2D eigenvalue weighted by atomic mass is 32.2. The average Bonchev–Trinajstić information content (AvgIpc) is 2.49. The Kier molecular flexibility index (Phi) is 6.04. The topological polar surface area (TPSA) is 43.8 Å². The zero-order valence-electron chi connectivity index (χ0n) is 11.9. The van der Waals surface area contributed by atoms with Crippen molar-refractivity contribution in [3.63, 3.8) is 0 Å². The van der Waals surface area contributed by atoms with Crippen molar-refractivity contribution in [1.29, 1.82) is 0 Å². The Morgan fingerprint density at radius 3 is 2.30 bits per heavy atom. The molecule has 0 unspecified atom stereocenters. The number of ketones is 1. The lowest BCUT2D eigenvalue weighted by atomic mass is 10.1. The molecule has 0 radical (unpaired) electrons. The van der Waals surface area contributed by atoms with E-state index in [1.54, 1.807) is 11.8 Å². The van der Waals surface area contributed by atoms with Crippen molar-refractivity contribution in [2.24, 2.45) is 0 Å². The van der Waals surface area contributed by atoms with E-state index in [-0.39, 0.29) is 12.4 Å². The molecule has 1 saturated heterocycles. The predicted octanol–water partition coefficient (Wildman–Crippen LogP) is 1.20. The van der Waals surface area contributed by atoms with Gasteiger partial charge in [-0.25, -0.2) is 0 Å². The maximum absolute atomic E-state index is 12.2. The molecule has 2 rings (SSSR count). The second-order valence-electron chi connectivity index (χ2n) is 4.99. The van der Waals surface area contributed by atoms with Crippen LogP contribution in [0.25, 0.3) is 0 Å². The molecule has 1 heterocycles. The minimum atomic E-state index is 0.188. The van der Waals surface area contributed by atoms with Crippen LogP contribution in [0.15, 0.2) is 29.2 Å². The van der Waals surface area contributed by atoms with Crippen molar-refractivity contribution in [1.82, 2.24) is 9.80 Å².